The Hall–Kier alpha value is -2.24. The molecule has 0 bridgehead atoms. The highest BCUT2D eigenvalue weighted by Gasteiger charge is 2.21. The van der Waals surface area contributed by atoms with Gasteiger partial charge in [-0.3, -0.25) is 0 Å². The van der Waals surface area contributed by atoms with Gasteiger partial charge in [0.1, 0.15) is 0 Å². The molecule has 0 N–H and O–H groups in total. The molecule has 2 aromatic heterocycles. The summed E-state index contributed by atoms with van der Waals surface area (Å²) in [6.45, 7) is 4.90. The van der Waals surface area contributed by atoms with Crippen molar-refractivity contribution in [3.05, 3.63) is 42.1 Å². The Balaban J connectivity index is 1.70. The van der Waals surface area contributed by atoms with Gasteiger partial charge in [0.05, 0.1) is 0 Å². The average Bonchev–Trinajstić information content (AvgIpc) is 2.48. The minimum absolute atomic E-state index is 0.271. The predicted octanol–water partition coefficient (Wildman–Crippen LogP) is 1.65. The van der Waals surface area contributed by atoms with Crippen LogP contribution in [0.4, 0.5) is 16.2 Å². The first kappa shape index (κ1) is 12.8. The van der Waals surface area contributed by atoms with Gasteiger partial charge >= 0.3 is 0 Å². The third kappa shape index (κ3) is 2.54. The van der Waals surface area contributed by atoms with Crippen LogP contribution in [0.3, 0.4) is 0 Å². The smallest absolute Gasteiger partial charge is 0.225 e. The molecule has 0 unspecified atom stereocenters. The van der Waals surface area contributed by atoms with Crippen LogP contribution in [0.2, 0.25) is 0 Å². The third-order valence-corrected chi connectivity index (χ3v) is 3.38. The van der Waals surface area contributed by atoms with Crippen molar-refractivity contribution in [1.29, 1.82) is 0 Å². The van der Waals surface area contributed by atoms with E-state index in [4.69, 9.17) is 0 Å². The van der Waals surface area contributed by atoms with Gasteiger partial charge in [-0.05, 0) is 25.1 Å². The molecular weight excluding hydrogens is 257 g/mol. The van der Waals surface area contributed by atoms with Crippen LogP contribution < -0.4 is 9.80 Å². The molecule has 0 aliphatic carbocycles. The van der Waals surface area contributed by atoms with Crippen LogP contribution in [0.5, 0.6) is 0 Å². The fourth-order valence-corrected chi connectivity index (χ4v) is 2.32. The molecule has 6 heteroatoms. The number of pyridine rings is 1. The maximum atomic E-state index is 13.7. The van der Waals surface area contributed by atoms with Crippen molar-refractivity contribution in [2.45, 2.75) is 6.92 Å². The zero-order valence-corrected chi connectivity index (χ0v) is 11.3. The quantitative estimate of drug-likeness (QED) is 0.832. The van der Waals surface area contributed by atoms with Gasteiger partial charge in [0, 0.05) is 44.3 Å². The molecule has 2 aromatic rings. The Labute approximate surface area is 117 Å². The molecule has 0 aromatic carbocycles. The Morgan fingerprint density at radius 2 is 1.75 bits per heavy atom. The van der Waals surface area contributed by atoms with Crippen LogP contribution in [0.1, 0.15) is 5.69 Å². The van der Waals surface area contributed by atoms with Crippen molar-refractivity contribution < 1.29 is 4.39 Å². The number of hydrogen-bond acceptors (Lipinski definition) is 5. The summed E-state index contributed by atoms with van der Waals surface area (Å²) in [4.78, 5) is 16.9. The standard InChI is InChI=1S/C14H16FN5/c1-11-4-6-17-14(18-11)20-9-7-19(8-10-20)13-12(15)3-2-5-16-13/h2-6H,7-10H2,1H3. The van der Waals surface area contributed by atoms with Gasteiger partial charge in [-0.2, -0.15) is 0 Å². The van der Waals surface area contributed by atoms with Gasteiger partial charge in [0.25, 0.3) is 0 Å². The molecule has 0 amide bonds. The molecule has 104 valence electrons. The summed E-state index contributed by atoms with van der Waals surface area (Å²) in [6, 6.07) is 4.93. The van der Waals surface area contributed by atoms with Crippen molar-refractivity contribution in [2.24, 2.45) is 0 Å². The first-order valence-electron chi connectivity index (χ1n) is 6.64. The molecule has 1 aliphatic heterocycles. The molecule has 20 heavy (non-hydrogen) atoms. The molecule has 1 aliphatic rings. The maximum Gasteiger partial charge on any atom is 0.225 e. The number of aryl methyl sites for hydroxylation is 1. The van der Waals surface area contributed by atoms with Crippen molar-refractivity contribution in [3.63, 3.8) is 0 Å². The van der Waals surface area contributed by atoms with E-state index in [0.717, 1.165) is 24.7 Å². The number of nitrogens with zero attached hydrogens (tertiary/aromatic N) is 5. The first-order chi connectivity index (χ1) is 9.74. The second kappa shape index (κ2) is 5.40. The second-order valence-electron chi connectivity index (χ2n) is 4.78. The van der Waals surface area contributed by atoms with Gasteiger partial charge in [0.15, 0.2) is 11.6 Å². The molecule has 1 fully saturated rings. The fourth-order valence-electron chi connectivity index (χ4n) is 2.32. The molecule has 1 saturated heterocycles. The van der Waals surface area contributed by atoms with Gasteiger partial charge in [-0.1, -0.05) is 0 Å². The number of hydrogen-bond donors (Lipinski definition) is 0. The van der Waals surface area contributed by atoms with Crippen LogP contribution in [0.15, 0.2) is 30.6 Å². The minimum atomic E-state index is -0.271. The fraction of sp³-hybridized carbons (Fsp3) is 0.357. The lowest BCUT2D eigenvalue weighted by Crippen LogP contribution is -2.47. The summed E-state index contributed by atoms with van der Waals surface area (Å²) in [6.07, 6.45) is 3.39. The predicted molar refractivity (Wildman–Crippen MR) is 75.4 cm³/mol. The molecular formula is C14H16FN5. The van der Waals surface area contributed by atoms with Gasteiger partial charge in [0.2, 0.25) is 5.95 Å². The molecule has 0 saturated carbocycles. The zero-order chi connectivity index (χ0) is 13.9. The van der Waals surface area contributed by atoms with Crippen LogP contribution in [0, 0.1) is 12.7 Å². The molecule has 5 nitrogen and oxygen atoms in total. The Morgan fingerprint density at radius 1 is 1.00 bits per heavy atom. The molecule has 3 rings (SSSR count). The largest absolute Gasteiger partial charge is 0.351 e. The third-order valence-electron chi connectivity index (χ3n) is 3.38. The van der Waals surface area contributed by atoms with Gasteiger partial charge in [-0.15, -0.1) is 0 Å². The van der Waals surface area contributed by atoms with Crippen LogP contribution in [-0.4, -0.2) is 41.1 Å². The van der Waals surface area contributed by atoms with Crippen molar-refractivity contribution in [3.8, 4) is 0 Å². The summed E-state index contributed by atoms with van der Waals surface area (Å²) in [5, 5.41) is 0. The van der Waals surface area contributed by atoms with E-state index >= 15 is 0 Å². The van der Waals surface area contributed by atoms with Crippen molar-refractivity contribution >= 4 is 11.8 Å². The van der Waals surface area contributed by atoms with Crippen molar-refractivity contribution in [1.82, 2.24) is 15.0 Å². The van der Waals surface area contributed by atoms with Crippen molar-refractivity contribution in [2.75, 3.05) is 36.0 Å². The number of piperazine rings is 1. The number of halogens is 1. The second-order valence-corrected chi connectivity index (χ2v) is 4.78. The zero-order valence-electron chi connectivity index (χ0n) is 11.3. The minimum Gasteiger partial charge on any atom is -0.351 e. The molecule has 0 spiro atoms. The Kier molecular flexibility index (Phi) is 3.45. The van der Waals surface area contributed by atoms with Crippen LogP contribution >= 0.6 is 0 Å². The van der Waals surface area contributed by atoms with E-state index in [1.165, 1.54) is 6.07 Å². The van der Waals surface area contributed by atoms with Gasteiger partial charge < -0.3 is 9.80 Å². The highest BCUT2D eigenvalue weighted by atomic mass is 19.1. The lowest BCUT2D eigenvalue weighted by Gasteiger charge is -2.35. The summed E-state index contributed by atoms with van der Waals surface area (Å²) in [5.41, 5.74) is 0.952. The Morgan fingerprint density at radius 3 is 2.45 bits per heavy atom. The lowest BCUT2D eigenvalue weighted by molar-refractivity contribution is 0.584. The van der Waals surface area contributed by atoms with E-state index in [1.54, 1.807) is 18.5 Å². The highest BCUT2D eigenvalue weighted by Crippen LogP contribution is 2.18. The summed E-state index contributed by atoms with van der Waals surface area (Å²) < 4.78 is 13.7. The van der Waals surface area contributed by atoms with E-state index in [1.807, 2.05) is 17.9 Å². The highest BCUT2D eigenvalue weighted by molar-refractivity contribution is 5.43. The van der Waals surface area contributed by atoms with E-state index in [0.29, 0.717) is 18.9 Å². The number of anilines is 2. The maximum absolute atomic E-state index is 13.7. The first-order valence-corrected chi connectivity index (χ1v) is 6.64. The SMILES string of the molecule is Cc1ccnc(N2CCN(c3ncccc3F)CC2)n1. The van der Waals surface area contributed by atoms with E-state index in [-0.39, 0.29) is 5.82 Å². The average molecular weight is 273 g/mol. The molecule has 3 heterocycles. The summed E-state index contributed by atoms with van der Waals surface area (Å²) in [7, 11) is 0. The monoisotopic (exact) mass is 273 g/mol. The number of aromatic nitrogens is 3. The topological polar surface area (TPSA) is 45.2 Å². The normalized spacial score (nSPS) is 15.5. The van der Waals surface area contributed by atoms with Crippen LogP contribution in [0.25, 0.3) is 0 Å². The van der Waals surface area contributed by atoms with E-state index in [9.17, 15) is 4.39 Å². The Bertz CT molecular complexity index is 596. The van der Waals surface area contributed by atoms with E-state index in [2.05, 4.69) is 19.9 Å². The summed E-state index contributed by atoms with van der Waals surface area (Å²) >= 11 is 0. The van der Waals surface area contributed by atoms with Crippen LogP contribution in [-0.2, 0) is 0 Å². The molecule has 0 radical (unpaired) electrons. The molecule has 0 atom stereocenters. The summed E-state index contributed by atoms with van der Waals surface area (Å²) in [5.74, 6) is 0.899. The number of rotatable bonds is 2. The lowest BCUT2D eigenvalue weighted by atomic mass is 10.3. The van der Waals surface area contributed by atoms with Gasteiger partial charge in [-0.25, -0.2) is 19.3 Å². The van der Waals surface area contributed by atoms with E-state index < -0.39 is 0 Å².